The molecule has 0 aliphatic rings. The molecular weight excluding hydrogens is 268 g/mol. The molecule has 2 rings (SSSR count). The van der Waals surface area contributed by atoms with Gasteiger partial charge in [0, 0.05) is 17.3 Å². The molecule has 0 saturated heterocycles. The Morgan fingerprint density at radius 1 is 1.25 bits per heavy atom. The van der Waals surface area contributed by atoms with Gasteiger partial charge >= 0.3 is 0 Å². The summed E-state index contributed by atoms with van der Waals surface area (Å²) >= 11 is 1.57. The summed E-state index contributed by atoms with van der Waals surface area (Å²) in [5, 5.41) is 0. The third-order valence-electron chi connectivity index (χ3n) is 2.87. The minimum Gasteiger partial charge on any atom is -0.383 e. The Kier molecular flexibility index (Phi) is 4.39. The average Bonchev–Trinajstić information content (AvgIpc) is 2.41. The van der Waals surface area contributed by atoms with E-state index in [1.807, 2.05) is 19.2 Å². The Balaban J connectivity index is 2.43. The molecule has 0 bridgehead atoms. The van der Waals surface area contributed by atoms with Gasteiger partial charge in [0.15, 0.2) is 0 Å². The van der Waals surface area contributed by atoms with Crippen LogP contribution in [0.15, 0.2) is 34.8 Å². The van der Waals surface area contributed by atoms with Gasteiger partial charge < -0.3 is 5.73 Å². The maximum absolute atomic E-state index is 5.96. The van der Waals surface area contributed by atoms with Crippen molar-refractivity contribution in [3.63, 3.8) is 0 Å². The van der Waals surface area contributed by atoms with Crippen molar-refractivity contribution < 1.29 is 0 Å². The second-order valence-corrected chi connectivity index (χ2v) is 5.86. The minimum atomic E-state index is 0.386. The lowest BCUT2D eigenvalue weighted by Crippen LogP contribution is -1.99. The van der Waals surface area contributed by atoms with Crippen LogP contribution >= 0.6 is 11.8 Å². The van der Waals surface area contributed by atoms with E-state index < -0.39 is 0 Å². The summed E-state index contributed by atoms with van der Waals surface area (Å²) in [6.07, 6.45) is 5.40. The number of rotatable bonds is 4. The van der Waals surface area contributed by atoms with Gasteiger partial charge in [-0.1, -0.05) is 32.2 Å². The van der Waals surface area contributed by atoms with Gasteiger partial charge in [-0.3, -0.25) is 4.98 Å². The van der Waals surface area contributed by atoms with Gasteiger partial charge in [-0.05, 0) is 30.5 Å². The molecule has 2 N–H and O–H groups in total. The molecule has 0 aliphatic carbocycles. The average molecular weight is 286 g/mol. The molecule has 2 heterocycles. The molecule has 0 amide bonds. The number of aromatic nitrogens is 3. The van der Waals surface area contributed by atoms with Crippen molar-refractivity contribution in [2.24, 2.45) is 0 Å². The highest BCUT2D eigenvalue weighted by Gasteiger charge is 2.12. The third-order valence-corrected chi connectivity index (χ3v) is 3.98. The van der Waals surface area contributed by atoms with E-state index in [2.05, 4.69) is 35.4 Å². The molecule has 20 heavy (non-hydrogen) atoms. The van der Waals surface area contributed by atoms with E-state index >= 15 is 0 Å². The van der Waals surface area contributed by atoms with E-state index in [1.54, 1.807) is 24.0 Å². The normalized spacial score (nSPS) is 10.8. The fourth-order valence-corrected chi connectivity index (χ4v) is 2.85. The second kappa shape index (κ2) is 6.05. The molecule has 0 spiro atoms. The van der Waals surface area contributed by atoms with Gasteiger partial charge in [-0.15, -0.1) is 0 Å². The van der Waals surface area contributed by atoms with Crippen LogP contribution in [0.3, 0.4) is 0 Å². The molecule has 0 unspecified atom stereocenters. The first-order valence-electron chi connectivity index (χ1n) is 6.40. The van der Waals surface area contributed by atoms with Crippen LogP contribution in [0.4, 0.5) is 5.82 Å². The molecule has 0 saturated carbocycles. The second-order valence-electron chi connectivity index (χ2n) is 4.77. The SMILES string of the molecule is C=Cc1cc(Sc2cnc(C)nc2N)c(C(C)C)cn1. The predicted molar refractivity (Wildman–Crippen MR) is 83.7 cm³/mol. The van der Waals surface area contributed by atoms with Crippen LogP contribution < -0.4 is 5.73 Å². The Labute approximate surface area is 123 Å². The zero-order chi connectivity index (χ0) is 14.7. The molecular formula is C15H18N4S. The number of anilines is 1. The number of nitrogens with two attached hydrogens (primary N) is 1. The highest BCUT2D eigenvalue weighted by molar-refractivity contribution is 7.99. The molecule has 2 aromatic rings. The highest BCUT2D eigenvalue weighted by Crippen LogP contribution is 2.35. The van der Waals surface area contributed by atoms with Crippen molar-refractivity contribution in [3.05, 3.63) is 42.1 Å². The third kappa shape index (κ3) is 3.17. The largest absolute Gasteiger partial charge is 0.383 e. The molecule has 0 radical (unpaired) electrons. The Morgan fingerprint density at radius 3 is 2.60 bits per heavy atom. The monoisotopic (exact) mass is 286 g/mol. The van der Waals surface area contributed by atoms with Crippen molar-refractivity contribution >= 4 is 23.7 Å². The van der Waals surface area contributed by atoms with Crippen molar-refractivity contribution in [3.8, 4) is 0 Å². The van der Waals surface area contributed by atoms with E-state index in [4.69, 9.17) is 5.73 Å². The van der Waals surface area contributed by atoms with Crippen LogP contribution in [0.25, 0.3) is 6.08 Å². The lowest BCUT2D eigenvalue weighted by Gasteiger charge is -2.13. The van der Waals surface area contributed by atoms with Crippen LogP contribution in [0.1, 0.15) is 36.8 Å². The Bertz CT molecular complexity index is 638. The lowest BCUT2D eigenvalue weighted by molar-refractivity contribution is 0.831. The maximum atomic E-state index is 5.96. The first-order valence-corrected chi connectivity index (χ1v) is 7.22. The van der Waals surface area contributed by atoms with Crippen molar-refractivity contribution in [1.29, 1.82) is 0 Å². The van der Waals surface area contributed by atoms with Crippen LogP contribution in [-0.4, -0.2) is 15.0 Å². The first kappa shape index (κ1) is 14.5. The number of nitrogen functional groups attached to an aromatic ring is 1. The van der Waals surface area contributed by atoms with Gasteiger partial charge in [0.1, 0.15) is 11.6 Å². The fraction of sp³-hybridized carbons (Fsp3) is 0.267. The Morgan fingerprint density at radius 2 is 2.00 bits per heavy atom. The van der Waals surface area contributed by atoms with Crippen LogP contribution in [-0.2, 0) is 0 Å². The summed E-state index contributed by atoms with van der Waals surface area (Å²) < 4.78 is 0. The van der Waals surface area contributed by atoms with E-state index in [-0.39, 0.29) is 0 Å². The summed E-state index contributed by atoms with van der Waals surface area (Å²) in [5.74, 6) is 1.57. The molecule has 4 nitrogen and oxygen atoms in total. The van der Waals surface area contributed by atoms with Gasteiger partial charge in [-0.2, -0.15) is 0 Å². The maximum Gasteiger partial charge on any atom is 0.141 e. The molecule has 104 valence electrons. The number of aryl methyl sites for hydroxylation is 1. The topological polar surface area (TPSA) is 64.7 Å². The molecule has 0 aromatic carbocycles. The van der Waals surface area contributed by atoms with Crippen LogP contribution in [0.5, 0.6) is 0 Å². The summed E-state index contributed by atoms with van der Waals surface area (Å²) in [6, 6.07) is 2.02. The predicted octanol–water partition coefficient (Wildman–Crippen LogP) is 3.68. The molecule has 0 aliphatic heterocycles. The van der Waals surface area contributed by atoms with Crippen molar-refractivity contribution in [2.75, 3.05) is 5.73 Å². The van der Waals surface area contributed by atoms with Gasteiger partial charge in [0.05, 0.1) is 10.6 Å². The molecule has 0 fully saturated rings. The van der Waals surface area contributed by atoms with E-state index in [0.29, 0.717) is 17.6 Å². The van der Waals surface area contributed by atoms with Gasteiger partial charge in [-0.25, -0.2) is 9.97 Å². The zero-order valence-electron chi connectivity index (χ0n) is 11.9. The minimum absolute atomic E-state index is 0.386. The van der Waals surface area contributed by atoms with E-state index in [1.165, 1.54) is 5.56 Å². The standard InChI is InChI=1S/C15H18N4S/c1-5-11-6-13(12(7-18-11)9(2)3)20-14-8-17-10(4)19-15(14)16/h5-9H,1H2,2-4H3,(H2,16,17,19). The van der Waals surface area contributed by atoms with Crippen LogP contribution in [0, 0.1) is 6.92 Å². The fourth-order valence-electron chi connectivity index (χ4n) is 1.77. The molecule has 0 atom stereocenters. The van der Waals surface area contributed by atoms with E-state index in [9.17, 15) is 0 Å². The van der Waals surface area contributed by atoms with Gasteiger partial charge in [0.25, 0.3) is 0 Å². The molecule has 5 heteroatoms. The van der Waals surface area contributed by atoms with Crippen LogP contribution in [0.2, 0.25) is 0 Å². The number of pyridine rings is 1. The zero-order valence-corrected chi connectivity index (χ0v) is 12.7. The number of hydrogen-bond acceptors (Lipinski definition) is 5. The van der Waals surface area contributed by atoms with Crippen molar-refractivity contribution in [2.45, 2.75) is 36.5 Å². The highest BCUT2D eigenvalue weighted by atomic mass is 32.2. The number of nitrogens with zero attached hydrogens (tertiary/aromatic N) is 3. The smallest absolute Gasteiger partial charge is 0.141 e. The number of hydrogen-bond donors (Lipinski definition) is 1. The van der Waals surface area contributed by atoms with E-state index in [0.717, 1.165) is 15.5 Å². The Hall–Kier alpha value is -1.88. The first-order chi connectivity index (χ1) is 9.51. The lowest BCUT2D eigenvalue weighted by atomic mass is 10.1. The summed E-state index contributed by atoms with van der Waals surface area (Å²) in [6.45, 7) is 9.87. The van der Waals surface area contributed by atoms with Gasteiger partial charge in [0.2, 0.25) is 0 Å². The summed E-state index contributed by atoms with van der Waals surface area (Å²) in [4.78, 5) is 14.7. The summed E-state index contributed by atoms with van der Waals surface area (Å²) in [5.41, 5.74) is 7.99. The summed E-state index contributed by atoms with van der Waals surface area (Å²) in [7, 11) is 0. The quantitative estimate of drug-likeness (QED) is 0.928. The molecule has 2 aromatic heterocycles. The van der Waals surface area contributed by atoms with Crippen molar-refractivity contribution in [1.82, 2.24) is 15.0 Å².